The number of hydrogen-bond donors (Lipinski definition) is 1. The van der Waals surface area contributed by atoms with Gasteiger partial charge in [-0.3, -0.25) is 19.3 Å². The number of benzene rings is 1. The number of methoxy groups -OCH3 is 1. The first-order valence-electron chi connectivity index (χ1n) is 18.2. The third-order valence-electron chi connectivity index (χ3n) is 10.3. The lowest BCUT2D eigenvalue weighted by Crippen LogP contribution is -2.55. The Labute approximate surface area is 290 Å². The average Bonchev–Trinajstić information content (AvgIpc) is 3.86. The fraction of sp³-hybridized carbons (Fsp3) is 0.703. The van der Waals surface area contributed by atoms with Gasteiger partial charge in [0.25, 0.3) is 11.8 Å². The molecule has 4 amide bonds. The van der Waals surface area contributed by atoms with Gasteiger partial charge in [-0.05, 0) is 56.7 Å². The minimum Gasteiger partial charge on any atom is -0.462 e. The van der Waals surface area contributed by atoms with Gasteiger partial charge in [0.15, 0.2) is 11.8 Å². The Bertz CT molecular complexity index is 1290. The Morgan fingerprint density at radius 2 is 1.56 bits per heavy atom. The van der Waals surface area contributed by atoms with Crippen LogP contribution in [0.3, 0.4) is 0 Å². The van der Waals surface area contributed by atoms with Crippen molar-refractivity contribution in [3.8, 4) is 0 Å². The Morgan fingerprint density at radius 1 is 0.938 bits per heavy atom. The highest BCUT2D eigenvalue weighted by Gasteiger charge is 2.59. The van der Waals surface area contributed by atoms with E-state index >= 15 is 0 Å². The number of esters is 1. The van der Waals surface area contributed by atoms with E-state index in [2.05, 4.69) is 12.2 Å². The molecule has 11 heteroatoms. The van der Waals surface area contributed by atoms with Crippen LogP contribution in [-0.2, 0) is 23.9 Å². The van der Waals surface area contributed by atoms with Crippen molar-refractivity contribution in [3.63, 3.8) is 0 Å². The summed E-state index contributed by atoms with van der Waals surface area (Å²) in [6.45, 7) is 4.37. The molecule has 2 saturated carbocycles. The van der Waals surface area contributed by atoms with Crippen molar-refractivity contribution in [1.82, 2.24) is 9.80 Å². The molecule has 1 heterocycles. The Balaban J connectivity index is 1.41. The molecule has 4 rings (SSSR count). The highest BCUT2D eigenvalue weighted by Crippen LogP contribution is 2.51. The van der Waals surface area contributed by atoms with Crippen LogP contribution < -0.4 is 5.32 Å². The summed E-state index contributed by atoms with van der Waals surface area (Å²) in [5.74, 6) is -2.62. The predicted octanol–water partition coefficient (Wildman–Crippen LogP) is 8.05. The first kappa shape index (κ1) is 37.8. The minimum atomic E-state index is -1.71. The molecule has 3 fully saturated rings. The molecule has 3 aliphatic rings. The van der Waals surface area contributed by atoms with Gasteiger partial charge in [0.05, 0.1) is 22.9 Å². The van der Waals surface area contributed by atoms with Crippen LogP contribution in [0.1, 0.15) is 140 Å². The molecule has 266 valence electrons. The van der Waals surface area contributed by atoms with Crippen molar-refractivity contribution in [2.75, 3.05) is 19.0 Å². The lowest BCUT2D eigenvalue weighted by Gasteiger charge is -2.33. The lowest BCUT2D eigenvalue weighted by atomic mass is 9.91. The number of anilines is 1. The third-order valence-corrected chi connectivity index (χ3v) is 10.6. The molecule has 48 heavy (non-hydrogen) atoms. The first-order chi connectivity index (χ1) is 23.2. The maximum Gasteiger partial charge on any atom is 0.338 e. The molecule has 2 aliphatic carbocycles. The number of rotatable bonds is 20. The van der Waals surface area contributed by atoms with E-state index in [9.17, 15) is 24.0 Å². The second kappa shape index (κ2) is 18.1. The van der Waals surface area contributed by atoms with Gasteiger partial charge in [0.2, 0.25) is 6.23 Å². The Morgan fingerprint density at radius 3 is 2.15 bits per heavy atom. The van der Waals surface area contributed by atoms with E-state index in [4.69, 9.17) is 21.1 Å². The van der Waals surface area contributed by atoms with Crippen LogP contribution in [0.25, 0.3) is 0 Å². The minimum absolute atomic E-state index is 0.0840. The molecule has 1 aromatic carbocycles. The van der Waals surface area contributed by atoms with Crippen molar-refractivity contribution in [1.29, 1.82) is 0 Å². The van der Waals surface area contributed by atoms with Crippen LogP contribution in [0.15, 0.2) is 18.2 Å². The summed E-state index contributed by atoms with van der Waals surface area (Å²) in [6.07, 6.45) is 16.4. The van der Waals surface area contributed by atoms with Gasteiger partial charge in [0, 0.05) is 18.6 Å². The number of nitrogens with zero attached hydrogens (tertiary/aromatic N) is 2. The highest BCUT2D eigenvalue weighted by atomic mass is 35.5. The Hall–Kier alpha value is -2.98. The fourth-order valence-corrected chi connectivity index (χ4v) is 7.24. The Kier molecular flexibility index (Phi) is 14.3. The quantitative estimate of drug-likeness (QED) is 0.0637. The van der Waals surface area contributed by atoms with Crippen LogP contribution in [-0.4, -0.2) is 71.4 Å². The summed E-state index contributed by atoms with van der Waals surface area (Å²) in [4.78, 5) is 70.7. The third kappa shape index (κ3) is 9.17. The molecule has 0 bridgehead atoms. The molecule has 2 unspecified atom stereocenters. The van der Waals surface area contributed by atoms with Gasteiger partial charge < -0.3 is 14.8 Å². The fourth-order valence-electron chi connectivity index (χ4n) is 7.07. The summed E-state index contributed by atoms with van der Waals surface area (Å²) in [5, 5.41) is 2.80. The highest BCUT2D eigenvalue weighted by molar-refractivity contribution is 6.34. The number of halogens is 1. The zero-order valence-electron chi connectivity index (χ0n) is 29.0. The van der Waals surface area contributed by atoms with Crippen molar-refractivity contribution in [3.05, 3.63) is 28.8 Å². The largest absolute Gasteiger partial charge is 0.462 e. The number of urea groups is 1. The molecule has 1 aromatic rings. The topological polar surface area (TPSA) is 122 Å². The van der Waals surface area contributed by atoms with Crippen LogP contribution in [0.4, 0.5) is 10.5 Å². The van der Waals surface area contributed by atoms with Crippen molar-refractivity contribution < 1.29 is 33.4 Å². The second-order valence-corrected chi connectivity index (χ2v) is 14.1. The maximum atomic E-state index is 14.0. The van der Waals surface area contributed by atoms with E-state index in [0.717, 1.165) is 43.4 Å². The van der Waals surface area contributed by atoms with Gasteiger partial charge in [-0.2, -0.15) is 0 Å². The number of nitrogens with one attached hydrogen (secondary N) is 1. The van der Waals surface area contributed by atoms with Gasteiger partial charge in [-0.25, -0.2) is 14.5 Å². The van der Waals surface area contributed by atoms with Crippen LogP contribution in [0.5, 0.6) is 0 Å². The lowest BCUT2D eigenvalue weighted by molar-refractivity contribution is -0.148. The summed E-state index contributed by atoms with van der Waals surface area (Å²) in [6, 6.07) is 1.75. The van der Waals surface area contributed by atoms with Gasteiger partial charge >= 0.3 is 12.0 Å². The number of Topliss-reactive ketones (excluding diaryl/α,β-unsaturated/α-hetero) is 1. The number of ketones is 1. The first-order valence-corrected chi connectivity index (χ1v) is 18.6. The SMILES string of the molecule is CCCCCCCCCCCCOC(=O)c1ccc(Cl)c(NC(=O)C(C(=O)C2(CC)CC2)N2C(=O)C(OC)N(C3CCCCC3)C2=O)c1. The molecule has 10 nitrogen and oxygen atoms in total. The van der Waals surface area contributed by atoms with Crippen molar-refractivity contribution >= 4 is 46.9 Å². The number of unbranched alkanes of at least 4 members (excludes halogenated alkanes) is 9. The monoisotopic (exact) mass is 687 g/mol. The van der Waals surface area contributed by atoms with Crippen molar-refractivity contribution in [2.45, 2.75) is 148 Å². The zero-order chi connectivity index (χ0) is 34.7. The maximum absolute atomic E-state index is 14.0. The molecule has 1 N–H and O–H groups in total. The molecular weight excluding hydrogens is 634 g/mol. The van der Waals surface area contributed by atoms with E-state index in [-0.39, 0.29) is 28.9 Å². The van der Waals surface area contributed by atoms with Gasteiger partial charge in [-0.1, -0.05) is 102 Å². The van der Waals surface area contributed by atoms with E-state index < -0.39 is 47.3 Å². The molecule has 0 spiro atoms. The van der Waals surface area contributed by atoms with Gasteiger partial charge in [-0.15, -0.1) is 0 Å². The average molecular weight is 688 g/mol. The van der Waals surface area contributed by atoms with Crippen molar-refractivity contribution in [2.24, 2.45) is 5.41 Å². The van der Waals surface area contributed by atoms with E-state index in [1.54, 1.807) is 0 Å². The normalized spacial score (nSPS) is 19.8. The summed E-state index contributed by atoms with van der Waals surface area (Å²) < 4.78 is 11.0. The van der Waals surface area contributed by atoms with E-state index in [0.29, 0.717) is 32.1 Å². The molecule has 1 aliphatic heterocycles. The molecule has 1 saturated heterocycles. The van der Waals surface area contributed by atoms with Crippen LogP contribution in [0, 0.1) is 5.41 Å². The number of amides is 4. The zero-order valence-corrected chi connectivity index (χ0v) is 29.8. The number of imide groups is 1. The molecule has 0 aromatic heterocycles. The second-order valence-electron chi connectivity index (χ2n) is 13.7. The summed E-state index contributed by atoms with van der Waals surface area (Å²) >= 11 is 6.44. The molecule has 0 radical (unpaired) electrons. The van der Waals surface area contributed by atoms with Crippen LogP contribution in [0.2, 0.25) is 5.02 Å². The van der Waals surface area contributed by atoms with E-state index in [1.807, 2.05) is 6.92 Å². The summed E-state index contributed by atoms with van der Waals surface area (Å²) in [7, 11) is 1.35. The number of carbonyl (C=O) groups is 5. The van der Waals surface area contributed by atoms with Crippen LogP contribution >= 0.6 is 11.6 Å². The number of hydrogen-bond acceptors (Lipinski definition) is 7. The van der Waals surface area contributed by atoms with E-state index in [1.165, 1.54) is 75.2 Å². The molecular formula is C37H54ClN3O7. The number of ether oxygens (including phenoxy) is 2. The molecule has 2 atom stereocenters. The number of carbonyl (C=O) groups excluding carboxylic acids is 5. The summed E-state index contributed by atoms with van der Waals surface area (Å²) in [5.41, 5.74) is -0.512. The standard InChI is InChI=1S/C37H54ClN3O7/c1-4-6-7-8-9-10-11-12-13-17-24-48-35(45)26-20-21-28(38)29(25-26)39-32(43)30(31(42)37(5-2)22-23-37)41-33(44)34(47-3)40(36(41)46)27-18-15-14-16-19-27/h20-21,25,27,30,34H,4-19,22-24H2,1-3H3,(H,39,43). The predicted molar refractivity (Wildman–Crippen MR) is 185 cm³/mol. The van der Waals surface area contributed by atoms with Gasteiger partial charge in [0.1, 0.15) is 0 Å². The smallest absolute Gasteiger partial charge is 0.338 e.